The van der Waals surface area contributed by atoms with Gasteiger partial charge in [0.1, 0.15) is 0 Å². The summed E-state index contributed by atoms with van der Waals surface area (Å²) < 4.78 is 5.53. The molecule has 0 rings (SSSR count). The number of aliphatic imine (C=N–C) groups is 2. The SMILES string of the molecule is CC=NC(NC)OC/C(C=NC)=C/CC. The minimum Gasteiger partial charge on any atom is -0.339 e. The van der Waals surface area contributed by atoms with Crippen LogP contribution in [0.3, 0.4) is 0 Å². The Labute approximate surface area is 92.2 Å². The van der Waals surface area contributed by atoms with Gasteiger partial charge >= 0.3 is 0 Å². The lowest BCUT2D eigenvalue weighted by atomic mass is 10.2. The van der Waals surface area contributed by atoms with E-state index in [-0.39, 0.29) is 6.35 Å². The number of rotatable bonds is 7. The van der Waals surface area contributed by atoms with Gasteiger partial charge in [-0.3, -0.25) is 15.3 Å². The zero-order valence-electron chi connectivity index (χ0n) is 10.0. The number of hydrogen-bond acceptors (Lipinski definition) is 4. The van der Waals surface area contributed by atoms with Crippen molar-refractivity contribution in [3.05, 3.63) is 11.6 Å². The average molecular weight is 211 g/mol. The maximum absolute atomic E-state index is 5.53. The molecule has 0 aromatic heterocycles. The van der Waals surface area contributed by atoms with Crippen LogP contribution in [0.4, 0.5) is 0 Å². The first-order valence-corrected chi connectivity index (χ1v) is 5.16. The molecule has 0 aromatic carbocycles. The van der Waals surface area contributed by atoms with Crippen LogP contribution >= 0.6 is 0 Å². The third-order valence-electron chi connectivity index (χ3n) is 1.70. The molecular weight excluding hydrogens is 190 g/mol. The van der Waals surface area contributed by atoms with Crippen molar-refractivity contribution >= 4 is 12.4 Å². The van der Waals surface area contributed by atoms with Crippen LogP contribution in [0.15, 0.2) is 21.6 Å². The molecule has 1 atom stereocenters. The first-order chi connectivity index (χ1) is 7.28. The maximum Gasteiger partial charge on any atom is 0.203 e. The van der Waals surface area contributed by atoms with Crippen molar-refractivity contribution in [1.29, 1.82) is 0 Å². The fraction of sp³-hybridized carbons (Fsp3) is 0.636. The second-order valence-electron chi connectivity index (χ2n) is 2.93. The van der Waals surface area contributed by atoms with Gasteiger partial charge in [0, 0.05) is 19.5 Å². The maximum atomic E-state index is 5.53. The van der Waals surface area contributed by atoms with Gasteiger partial charge in [0.05, 0.1) is 6.61 Å². The highest BCUT2D eigenvalue weighted by atomic mass is 16.5. The zero-order chi connectivity index (χ0) is 11.5. The van der Waals surface area contributed by atoms with Crippen molar-refractivity contribution in [3.8, 4) is 0 Å². The van der Waals surface area contributed by atoms with E-state index in [0.29, 0.717) is 6.61 Å². The highest BCUT2D eigenvalue weighted by molar-refractivity contribution is 5.78. The molecule has 0 saturated carbocycles. The number of allylic oxidation sites excluding steroid dienone is 1. The van der Waals surface area contributed by atoms with Gasteiger partial charge in [-0.1, -0.05) is 13.0 Å². The molecule has 0 fully saturated rings. The van der Waals surface area contributed by atoms with Crippen LogP contribution in [0, 0.1) is 0 Å². The minimum atomic E-state index is -0.277. The van der Waals surface area contributed by atoms with Gasteiger partial charge < -0.3 is 4.74 Å². The molecule has 1 unspecified atom stereocenters. The van der Waals surface area contributed by atoms with E-state index < -0.39 is 0 Å². The van der Waals surface area contributed by atoms with Gasteiger partial charge in [0.15, 0.2) is 0 Å². The Bertz CT molecular complexity index is 234. The summed E-state index contributed by atoms with van der Waals surface area (Å²) in [6.07, 6.45) is 6.33. The molecule has 0 heterocycles. The average Bonchev–Trinajstić information content (AvgIpc) is 2.24. The van der Waals surface area contributed by atoms with E-state index >= 15 is 0 Å². The summed E-state index contributed by atoms with van der Waals surface area (Å²) in [5, 5.41) is 2.95. The van der Waals surface area contributed by atoms with Crippen molar-refractivity contribution < 1.29 is 4.74 Å². The highest BCUT2D eigenvalue weighted by Crippen LogP contribution is 1.98. The lowest BCUT2D eigenvalue weighted by Crippen LogP contribution is -2.27. The molecule has 0 saturated heterocycles. The van der Waals surface area contributed by atoms with Gasteiger partial charge in [0.25, 0.3) is 0 Å². The first-order valence-electron chi connectivity index (χ1n) is 5.16. The van der Waals surface area contributed by atoms with E-state index in [4.69, 9.17) is 4.74 Å². The van der Waals surface area contributed by atoms with Gasteiger partial charge in [-0.05, 0) is 26.0 Å². The van der Waals surface area contributed by atoms with Gasteiger partial charge in [-0.25, -0.2) is 0 Å². The largest absolute Gasteiger partial charge is 0.339 e. The molecule has 0 aliphatic rings. The first kappa shape index (κ1) is 14.0. The van der Waals surface area contributed by atoms with Crippen molar-refractivity contribution in [1.82, 2.24) is 5.32 Å². The number of nitrogens with zero attached hydrogens (tertiary/aromatic N) is 2. The summed E-state index contributed by atoms with van der Waals surface area (Å²) in [4.78, 5) is 8.08. The lowest BCUT2D eigenvalue weighted by Gasteiger charge is -2.12. The van der Waals surface area contributed by atoms with Crippen LogP contribution in [0.25, 0.3) is 0 Å². The minimum absolute atomic E-state index is 0.277. The topological polar surface area (TPSA) is 46.0 Å². The Hall–Kier alpha value is -1.00. The molecule has 1 N–H and O–H groups in total. The predicted molar refractivity (Wildman–Crippen MR) is 65.8 cm³/mol. The van der Waals surface area contributed by atoms with Gasteiger partial charge in [0.2, 0.25) is 6.35 Å². The molecule has 4 heteroatoms. The molecule has 0 radical (unpaired) electrons. The molecule has 15 heavy (non-hydrogen) atoms. The Morgan fingerprint density at radius 3 is 2.73 bits per heavy atom. The second-order valence-corrected chi connectivity index (χ2v) is 2.93. The highest BCUT2D eigenvalue weighted by Gasteiger charge is 2.02. The summed E-state index contributed by atoms with van der Waals surface area (Å²) in [5.74, 6) is 0. The van der Waals surface area contributed by atoms with E-state index in [1.807, 2.05) is 20.2 Å². The van der Waals surface area contributed by atoms with E-state index in [1.165, 1.54) is 0 Å². The third kappa shape index (κ3) is 6.99. The lowest BCUT2D eigenvalue weighted by molar-refractivity contribution is 0.0597. The van der Waals surface area contributed by atoms with Crippen molar-refractivity contribution in [2.75, 3.05) is 20.7 Å². The summed E-state index contributed by atoms with van der Waals surface area (Å²) in [6, 6.07) is 0. The number of nitrogens with one attached hydrogen (secondary N) is 1. The van der Waals surface area contributed by atoms with E-state index in [9.17, 15) is 0 Å². The Kier molecular flexibility index (Phi) is 8.91. The van der Waals surface area contributed by atoms with Crippen LogP contribution in [0.5, 0.6) is 0 Å². The van der Waals surface area contributed by atoms with Crippen LogP contribution in [0.1, 0.15) is 20.3 Å². The molecule has 86 valence electrons. The molecule has 0 aliphatic heterocycles. The standard InChI is InChI=1S/C11H21N3O/c1-5-7-10(8-12-3)9-15-11(13-4)14-6-2/h6-8,11,13H,5,9H2,1-4H3/b10-7+,12-8?,14-6?. The van der Waals surface area contributed by atoms with Crippen LogP contribution in [0.2, 0.25) is 0 Å². The zero-order valence-corrected chi connectivity index (χ0v) is 10.0. The van der Waals surface area contributed by atoms with E-state index in [1.54, 1.807) is 13.3 Å². The summed E-state index contributed by atoms with van der Waals surface area (Å²) in [6.45, 7) is 4.47. The quantitative estimate of drug-likeness (QED) is 0.514. The Balaban J connectivity index is 4.13. The molecular formula is C11H21N3O. The van der Waals surface area contributed by atoms with Gasteiger partial charge in [-0.15, -0.1) is 0 Å². The van der Waals surface area contributed by atoms with Crippen LogP contribution < -0.4 is 5.32 Å². The normalized spacial score (nSPS) is 15.3. The number of ether oxygens (including phenoxy) is 1. The van der Waals surface area contributed by atoms with Gasteiger partial charge in [-0.2, -0.15) is 0 Å². The molecule has 0 aromatic rings. The third-order valence-corrected chi connectivity index (χ3v) is 1.70. The summed E-state index contributed by atoms with van der Waals surface area (Å²) in [5.41, 5.74) is 1.08. The predicted octanol–water partition coefficient (Wildman–Crippen LogP) is 1.63. The van der Waals surface area contributed by atoms with Crippen molar-refractivity contribution in [2.45, 2.75) is 26.6 Å². The van der Waals surface area contributed by atoms with Crippen LogP contribution in [-0.4, -0.2) is 39.5 Å². The molecule has 0 aliphatic carbocycles. The fourth-order valence-electron chi connectivity index (χ4n) is 1.09. The smallest absolute Gasteiger partial charge is 0.203 e. The summed E-state index contributed by atoms with van der Waals surface area (Å²) >= 11 is 0. The molecule has 0 spiro atoms. The molecule has 4 nitrogen and oxygen atoms in total. The van der Waals surface area contributed by atoms with Crippen molar-refractivity contribution in [3.63, 3.8) is 0 Å². The molecule has 0 amide bonds. The van der Waals surface area contributed by atoms with Crippen molar-refractivity contribution in [2.24, 2.45) is 9.98 Å². The van der Waals surface area contributed by atoms with E-state index in [0.717, 1.165) is 12.0 Å². The Morgan fingerprint density at radius 1 is 1.53 bits per heavy atom. The monoisotopic (exact) mass is 211 g/mol. The second kappa shape index (κ2) is 9.55. The van der Waals surface area contributed by atoms with E-state index in [2.05, 4.69) is 28.3 Å². The Morgan fingerprint density at radius 2 is 2.27 bits per heavy atom. The fourth-order valence-corrected chi connectivity index (χ4v) is 1.09. The van der Waals surface area contributed by atoms with Crippen LogP contribution in [-0.2, 0) is 4.74 Å². The summed E-state index contributed by atoms with van der Waals surface area (Å²) in [7, 11) is 3.57. The molecule has 0 bridgehead atoms. The number of hydrogen-bond donors (Lipinski definition) is 1.